The van der Waals surface area contributed by atoms with E-state index in [-0.39, 0.29) is 7.12 Å². The largest absolute Gasteiger partial charge is 0.461 e. The molecule has 0 bridgehead atoms. The summed E-state index contributed by atoms with van der Waals surface area (Å²) < 4.78 is 11.6. The first-order valence-electron chi connectivity index (χ1n) is 8.08. The zero-order valence-corrected chi connectivity index (χ0v) is 13.4. The van der Waals surface area contributed by atoms with Crippen molar-refractivity contribution in [3.05, 3.63) is 12.2 Å². The molecule has 0 amide bonds. The van der Waals surface area contributed by atoms with E-state index < -0.39 is 0 Å². The second-order valence-corrected chi connectivity index (χ2v) is 5.45. The highest BCUT2D eigenvalue weighted by molar-refractivity contribution is 6.45. The number of hydrogen-bond acceptors (Lipinski definition) is 2. The highest BCUT2D eigenvalue weighted by Crippen LogP contribution is 2.09. The molecule has 0 radical (unpaired) electrons. The number of unbranched alkanes of at least 4 members (excludes halogenated alkanes) is 6. The molecule has 0 heterocycles. The predicted molar refractivity (Wildman–Crippen MR) is 85.6 cm³/mol. The van der Waals surface area contributed by atoms with E-state index in [4.69, 9.17) is 9.31 Å². The third-order valence-corrected chi connectivity index (χ3v) is 3.12. The Labute approximate surface area is 121 Å². The van der Waals surface area contributed by atoms with Crippen molar-refractivity contribution in [2.24, 2.45) is 0 Å². The molecule has 0 spiro atoms. The van der Waals surface area contributed by atoms with Gasteiger partial charge in [-0.1, -0.05) is 57.9 Å². The molecule has 0 aromatic rings. The lowest BCUT2D eigenvalue weighted by atomic mass is 9.81. The predicted octanol–water partition coefficient (Wildman–Crippen LogP) is 5.24. The van der Waals surface area contributed by atoms with E-state index in [1.165, 1.54) is 38.5 Å². The lowest BCUT2D eigenvalue weighted by Gasteiger charge is -2.15. The summed E-state index contributed by atoms with van der Waals surface area (Å²) in [6.07, 6.45) is 10.7. The normalized spacial score (nSPS) is 10.7. The molecule has 0 aliphatic rings. The van der Waals surface area contributed by atoms with Crippen molar-refractivity contribution >= 4 is 7.12 Å². The molecule has 19 heavy (non-hydrogen) atoms. The minimum atomic E-state index is -0.0826. The molecule has 0 aliphatic carbocycles. The molecule has 0 saturated carbocycles. The maximum atomic E-state index is 5.82. The smallest absolute Gasteiger partial charge is 0.411 e. The van der Waals surface area contributed by atoms with Crippen LogP contribution in [0.25, 0.3) is 0 Å². The average Bonchev–Trinajstić information content (AvgIpc) is 2.37. The Hall–Kier alpha value is -0.275. The Morgan fingerprint density at radius 1 is 0.842 bits per heavy atom. The molecule has 2 nitrogen and oxygen atoms in total. The Kier molecular flexibility index (Phi) is 13.9. The first kappa shape index (κ1) is 18.7. The van der Waals surface area contributed by atoms with Gasteiger partial charge >= 0.3 is 7.12 Å². The minimum absolute atomic E-state index is 0.0826. The van der Waals surface area contributed by atoms with Gasteiger partial charge in [0, 0.05) is 19.5 Å². The van der Waals surface area contributed by atoms with Crippen LogP contribution in [0.3, 0.4) is 0 Å². The molecule has 0 N–H and O–H groups in total. The monoisotopic (exact) mass is 268 g/mol. The molecular formula is C16H33BO2. The summed E-state index contributed by atoms with van der Waals surface area (Å²) in [6.45, 7) is 12.1. The van der Waals surface area contributed by atoms with Gasteiger partial charge in [0.2, 0.25) is 0 Å². The quantitative estimate of drug-likeness (QED) is 0.243. The van der Waals surface area contributed by atoms with Gasteiger partial charge in [0.25, 0.3) is 0 Å². The van der Waals surface area contributed by atoms with Crippen molar-refractivity contribution in [2.75, 3.05) is 13.2 Å². The zero-order valence-electron chi connectivity index (χ0n) is 13.4. The van der Waals surface area contributed by atoms with Gasteiger partial charge in [-0.2, -0.15) is 0 Å². The first-order valence-corrected chi connectivity index (χ1v) is 8.08. The van der Waals surface area contributed by atoms with Crippen LogP contribution in [0, 0.1) is 0 Å². The van der Waals surface area contributed by atoms with E-state index in [9.17, 15) is 0 Å². The molecule has 0 saturated heterocycles. The van der Waals surface area contributed by atoms with Crippen LogP contribution in [0.1, 0.15) is 72.1 Å². The second-order valence-electron chi connectivity index (χ2n) is 5.45. The van der Waals surface area contributed by atoms with Crippen LogP contribution in [-0.4, -0.2) is 20.3 Å². The summed E-state index contributed by atoms with van der Waals surface area (Å²) in [4.78, 5) is 0. The van der Waals surface area contributed by atoms with Gasteiger partial charge < -0.3 is 9.31 Å². The van der Waals surface area contributed by atoms with Crippen molar-refractivity contribution in [3.8, 4) is 0 Å². The highest BCUT2D eigenvalue weighted by Gasteiger charge is 2.17. The fourth-order valence-electron chi connectivity index (χ4n) is 1.94. The molecule has 0 aromatic carbocycles. The molecular weight excluding hydrogens is 235 g/mol. The summed E-state index contributed by atoms with van der Waals surface area (Å²) in [5.41, 5.74) is 1.13. The van der Waals surface area contributed by atoms with Crippen LogP contribution in [0.2, 0.25) is 6.32 Å². The Bertz CT molecular complexity index is 193. The van der Waals surface area contributed by atoms with E-state index in [0.29, 0.717) is 0 Å². The Morgan fingerprint density at radius 2 is 1.32 bits per heavy atom. The van der Waals surface area contributed by atoms with Crippen molar-refractivity contribution in [2.45, 2.75) is 78.5 Å². The third-order valence-electron chi connectivity index (χ3n) is 3.12. The lowest BCUT2D eigenvalue weighted by molar-refractivity contribution is 0.191. The van der Waals surface area contributed by atoms with Gasteiger partial charge in [0.15, 0.2) is 0 Å². The van der Waals surface area contributed by atoms with Crippen LogP contribution in [-0.2, 0) is 9.31 Å². The fraction of sp³-hybridized carbons (Fsp3) is 0.875. The van der Waals surface area contributed by atoms with Crippen molar-refractivity contribution < 1.29 is 9.31 Å². The molecule has 112 valence electrons. The molecule has 3 heteroatoms. The minimum Gasteiger partial charge on any atom is -0.411 e. The van der Waals surface area contributed by atoms with E-state index in [2.05, 4.69) is 20.4 Å². The number of allylic oxidation sites excluding steroid dienone is 1. The SMILES string of the molecule is C=C(C)CB(OCCCCCC)OCCCCCC. The van der Waals surface area contributed by atoms with E-state index >= 15 is 0 Å². The molecule has 0 aromatic heterocycles. The van der Waals surface area contributed by atoms with Gasteiger partial charge in [-0.05, 0) is 19.8 Å². The zero-order chi connectivity index (χ0) is 14.3. The Morgan fingerprint density at radius 3 is 1.68 bits per heavy atom. The highest BCUT2D eigenvalue weighted by atomic mass is 16.6. The molecule has 0 unspecified atom stereocenters. The van der Waals surface area contributed by atoms with Crippen molar-refractivity contribution in [1.29, 1.82) is 0 Å². The maximum Gasteiger partial charge on any atom is 0.461 e. The van der Waals surface area contributed by atoms with Gasteiger partial charge in [-0.25, -0.2) is 0 Å². The third kappa shape index (κ3) is 14.0. The van der Waals surface area contributed by atoms with E-state index in [0.717, 1.165) is 37.9 Å². The summed E-state index contributed by atoms with van der Waals surface area (Å²) in [5, 5.41) is 0. The summed E-state index contributed by atoms with van der Waals surface area (Å²) in [6, 6.07) is 0. The topological polar surface area (TPSA) is 18.5 Å². The Balaban J connectivity index is 3.66. The second kappa shape index (κ2) is 14.1. The summed E-state index contributed by atoms with van der Waals surface area (Å²) >= 11 is 0. The van der Waals surface area contributed by atoms with Gasteiger partial charge in [-0.3, -0.25) is 0 Å². The van der Waals surface area contributed by atoms with Crippen molar-refractivity contribution in [1.82, 2.24) is 0 Å². The summed E-state index contributed by atoms with van der Waals surface area (Å²) in [7, 11) is -0.0826. The van der Waals surface area contributed by atoms with Crippen LogP contribution >= 0.6 is 0 Å². The van der Waals surface area contributed by atoms with Crippen LogP contribution in [0.5, 0.6) is 0 Å². The van der Waals surface area contributed by atoms with Crippen molar-refractivity contribution in [3.63, 3.8) is 0 Å². The average molecular weight is 268 g/mol. The van der Waals surface area contributed by atoms with Gasteiger partial charge in [-0.15, -0.1) is 6.58 Å². The first-order chi connectivity index (χ1) is 9.20. The van der Waals surface area contributed by atoms with Crippen LogP contribution in [0.15, 0.2) is 12.2 Å². The van der Waals surface area contributed by atoms with Crippen LogP contribution in [0.4, 0.5) is 0 Å². The lowest BCUT2D eigenvalue weighted by Crippen LogP contribution is -2.24. The van der Waals surface area contributed by atoms with E-state index in [1.54, 1.807) is 0 Å². The fourth-order valence-corrected chi connectivity index (χ4v) is 1.94. The number of rotatable bonds is 14. The van der Waals surface area contributed by atoms with E-state index in [1.807, 2.05) is 6.92 Å². The molecule has 0 aliphatic heterocycles. The standard InChI is InChI=1S/C16H33BO2/c1-5-7-9-11-13-18-17(15-16(3)4)19-14-12-10-8-6-2/h3,5-15H2,1-2,4H3. The number of hydrogen-bond donors (Lipinski definition) is 0. The maximum absolute atomic E-state index is 5.82. The van der Waals surface area contributed by atoms with Crippen LogP contribution < -0.4 is 0 Å². The molecule has 0 fully saturated rings. The molecule has 0 rings (SSSR count). The molecule has 0 atom stereocenters. The van der Waals surface area contributed by atoms with Gasteiger partial charge in [0.1, 0.15) is 0 Å². The van der Waals surface area contributed by atoms with Gasteiger partial charge in [0.05, 0.1) is 0 Å². The summed E-state index contributed by atoms with van der Waals surface area (Å²) in [5.74, 6) is 0.